The lowest BCUT2D eigenvalue weighted by Gasteiger charge is -2.32. The first-order valence-electron chi connectivity index (χ1n) is 7.67. The van der Waals surface area contributed by atoms with Gasteiger partial charge in [0.05, 0.1) is 16.6 Å². The zero-order valence-electron chi connectivity index (χ0n) is 13.1. The van der Waals surface area contributed by atoms with Crippen LogP contribution in [0.2, 0.25) is 10.0 Å². The van der Waals surface area contributed by atoms with E-state index in [4.69, 9.17) is 23.2 Å². The van der Waals surface area contributed by atoms with Gasteiger partial charge in [0.25, 0.3) is 5.91 Å². The molecule has 1 aliphatic rings. The van der Waals surface area contributed by atoms with Crippen LogP contribution in [0.25, 0.3) is 0 Å². The van der Waals surface area contributed by atoms with E-state index >= 15 is 0 Å². The van der Waals surface area contributed by atoms with E-state index in [1.54, 1.807) is 17.0 Å². The number of hydrogen-bond acceptors (Lipinski definition) is 3. The number of benzene rings is 1. The van der Waals surface area contributed by atoms with Crippen molar-refractivity contribution in [3.8, 4) is 0 Å². The van der Waals surface area contributed by atoms with Gasteiger partial charge in [-0.1, -0.05) is 23.2 Å². The molecule has 1 aromatic rings. The molecule has 5 nitrogen and oxygen atoms in total. The standard InChI is InChI=1S/C16H21Cl2N3O2/c1-19-9-11-4-6-21(7-5-11)15(22)10-20-16(23)12-2-3-13(17)14(18)8-12/h2-3,8,11,19H,4-7,9-10H2,1H3,(H,20,23). The predicted molar refractivity (Wildman–Crippen MR) is 92.0 cm³/mol. The lowest BCUT2D eigenvalue weighted by Crippen LogP contribution is -2.45. The molecule has 2 N–H and O–H groups in total. The number of rotatable bonds is 5. The molecule has 1 heterocycles. The normalized spacial score (nSPS) is 15.5. The second-order valence-electron chi connectivity index (χ2n) is 5.69. The van der Waals surface area contributed by atoms with Gasteiger partial charge in [-0.05, 0) is 50.6 Å². The summed E-state index contributed by atoms with van der Waals surface area (Å²) in [6.07, 6.45) is 1.99. The van der Waals surface area contributed by atoms with Gasteiger partial charge in [0.2, 0.25) is 5.91 Å². The number of nitrogens with zero attached hydrogens (tertiary/aromatic N) is 1. The maximum Gasteiger partial charge on any atom is 0.251 e. The van der Waals surface area contributed by atoms with Crippen molar-refractivity contribution in [2.75, 3.05) is 33.2 Å². The highest BCUT2D eigenvalue weighted by Gasteiger charge is 2.22. The topological polar surface area (TPSA) is 61.4 Å². The second kappa shape index (κ2) is 8.52. The third kappa shape index (κ3) is 5.09. The van der Waals surface area contributed by atoms with Crippen LogP contribution in [0.1, 0.15) is 23.2 Å². The molecule has 0 unspecified atom stereocenters. The van der Waals surface area contributed by atoms with Crippen LogP contribution in [0.4, 0.5) is 0 Å². The average molecular weight is 358 g/mol. The molecule has 7 heteroatoms. The summed E-state index contributed by atoms with van der Waals surface area (Å²) in [6, 6.07) is 4.64. The van der Waals surface area contributed by atoms with Crippen molar-refractivity contribution < 1.29 is 9.59 Å². The molecule has 0 aromatic heterocycles. The van der Waals surface area contributed by atoms with E-state index < -0.39 is 0 Å². The summed E-state index contributed by atoms with van der Waals surface area (Å²) in [6.45, 7) is 2.47. The minimum absolute atomic E-state index is 0.00419. The van der Waals surface area contributed by atoms with Gasteiger partial charge in [-0.2, -0.15) is 0 Å². The maximum atomic E-state index is 12.2. The van der Waals surface area contributed by atoms with E-state index in [1.807, 2.05) is 7.05 Å². The Morgan fingerprint density at radius 2 is 1.91 bits per heavy atom. The second-order valence-corrected chi connectivity index (χ2v) is 6.51. The Morgan fingerprint density at radius 3 is 2.52 bits per heavy atom. The number of halogens is 2. The summed E-state index contributed by atoms with van der Waals surface area (Å²) in [7, 11) is 1.94. The molecular weight excluding hydrogens is 337 g/mol. The molecule has 2 rings (SSSR count). The first-order chi connectivity index (χ1) is 11.0. The lowest BCUT2D eigenvalue weighted by atomic mass is 9.97. The van der Waals surface area contributed by atoms with Gasteiger partial charge in [-0.25, -0.2) is 0 Å². The highest BCUT2D eigenvalue weighted by molar-refractivity contribution is 6.42. The quantitative estimate of drug-likeness (QED) is 0.848. The molecule has 1 aromatic carbocycles. The van der Waals surface area contributed by atoms with Crippen molar-refractivity contribution in [3.63, 3.8) is 0 Å². The van der Waals surface area contributed by atoms with Crippen LogP contribution in [-0.2, 0) is 4.79 Å². The third-order valence-electron chi connectivity index (χ3n) is 4.04. The smallest absolute Gasteiger partial charge is 0.251 e. The van der Waals surface area contributed by atoms with Crippen LogP contribution >= 0.6 is 23.2 Å². The molecule has 0 saturated carbocycles. The van der Waals surface area contributed by atoms with E-state index in [-0.39, 0.29) is 18.4 Å². The fourth-order valence-electron chi connectivity index (χ4n) is 2.68. The van der Waals surface area contributed by atoms with Gasteiger partial charge >= 0.3 is 0 Å². The van der Waals surface area contributed by atoms with Gasteiger partial charge in [-0.3, -0.25) is 9.59 Å². The van der Waals surface area contributed by atoms with E-state index in [2.05, 4.69) is 10.6 Å². The molecule has 1 saturated heterocycles. The zero-order valence-corrected chi connectivity index (χ0v) is 14.6. The molecule has 0 atom stereocenters. The number of nitrogens with one attached hydrogen (secondary N) is 2. The summed E-state index contributed by atoms with van der Waals surface area (Å²) < 4.78 is 0. The summed E-state index contributed by atoms with van der Waals surface area (Å²) in [5.41, 5.74) is 0.389. The van der Waals surface area contributed by atoms with Crippen molar-refractivity contribution in [2.24, 2.45) is 5.92 Å². The Labute approximate surface area is 146 Å². The van der Waals surface area contributed by atoms with Gasteiger partial charge in [-0.15, -0.1) is 0 Å². The average Bonchev–Trinajstić information content (AvgIpc) is 2.56. The molecule has 1 aliphatic heterocycles. The number of hydrogen-bond donors (Lipinski definition) is 2. The molecule has 23 heavy (non-hydrogen) atoms. The Bertz CT molecular complexity index is 572. The van der Waals surface area contributed by atoms with Crippen molar-refractivity contribution in [1.29, 1.82) is 0 Å². The molecule has 0 bridgehead atoms. The predicted octanol–water partition coefficient (Wildman–Crippen LogP) is 2.18. The number of amides is 2. The highest BCUT2D eigenvalue weighted by Crippen LogP contribution is 2.22. The monoisotopic (exact) mass is 357 g/mol. The van der Waals surface area contributed by atoms with Gasteiger partial charge in [0.15, 0.2) is 0 Å². The van der Waals surface area contributed by atoms with Crippen LogP contribution in [0, 0.1) is 5.92 Å². The summed E-state index contributed by atoms with van der Waals surface area (Å²) in [4.78, 5) is 26.0. The van der Waals surface area contributed by atoms with Crippen LogP contribution in [0.3, 0.4) is 0 Å². The largest absolute Gasteiger partial charge is 0.343 e. The van der Waals surface area contributed by atoms with Gasteiger partial charge in [0.1, 0.15) is 0 Å². The van der Waals surface area contributed by atoms with E-state index in [9.17, 15) is 9.59 Å². The van der Waals surface area contributed by atoms with Crippen LogP contribution < -0.4 is 10.6 Å². The van der Waals surface area contributed by atoms with Gasteiger partial charge < -0.3 is 15.5 Å². The van der Waals surface area contributed by atoms with Crippen molar-refractivity contribution >= 4 is 35.0 Å². The molecule has 0 aliphatic carbocycles. The molecule has 0 radical (unpaired) electrons. The SMILES string of the molecule is CNCC1CCN(C(=O)CNC(=O)c2ccc(Cl)c(Cl)c2)CC1. The summed E-state index contributed by atoms with van der Waals surface area (Å²) >= 11 is 11.7. The number of carbonyl (C=O) groups is 2. The minimum atomic E-state index is -0.331. The minimum Gasteiger partial charge on any atom is -0.343 e. The molecule has 2 amide bonds. The zero-order chi connectivity index (χ0) is 16.8. The Morgan fingerprint density at radius 1 is 1.22 bits per heavy atom. The summed E-state index contributed by atoms with van der Waals surface area (Å²) in [5, 5.41) is 6.51. The molecule has 126 valence electrons. The van der Waals surface area contributed by atoms with Crippen LogP contribution in [0.5, 0.6) is 0 Å². The third-order valence-corrected chi connectivity index (χ3v) is 4.78. The van der Waals surface area contributed by atoms with Crippen LogP contribution in [0.15, 0.2) is 18.2 Å². The maximum absolute atomic E-state index is 12.2. The highest BCUT2D eigenvalue weighted by atomic mass is 35.5. The Kier molecular flexibility index (Phi) is 6.69. The van der Waals surface area contributed by atoms with E-state index in [0.29, 0.717) is 21.5 Å². The number of piperidine rings is 1. The lowest BCUT2D eigenvalue weighted by molar-refractivity contribution is -0.131. The van der Waals surface area contributed by atoms with Crippen LogP contribution in [-0.4, -0.2) is 49.9 Å². The van der Waals surface area contributed by atoms with Crippen molar-refractivity contribution in [1.82, 2.24) is 15.5 Å². The first kappa shape index (κ1) is 18.0. The Balaban J connectivity index is 1.80. The fourth-order valence-corrected chi connectivity index (χ4v) is 2.98. The van der Waals surface area contributed by atoms with Crippen molar-refractivity contribution in [3.05, 3.63) is 33.8 Å². The summed E-state index contributed by atoms with van der Waals surface area (Å²) in [5.74, 6) is 0.234. The van der Waals surface area contributed by atoms with E-state index in [0.717, 1.165) is 32.5 Å². The fraction of sp³-hybridized carbons (Fsp3) is 0.500. The first-order valence-corrected chi connectivity index (χ1v) is 8.42. The number of likely N-dealkylation sites (tertiary alicyclic amines) is 1. The Hall–Kier alpha value is -1.30. The van der Waals surface area contributed by atoms with Crippen molar-refractivity contribution in [2.45, 2.75) is 12.8 Å². The molecular formula is C16H21Cl2N3O2. The molecule has 0 spiro atoms. The number of carbonyl (C=O) groups excluding carboxylic acids is 2. The molecule has 1 fully saturated rings. The van der Waals surface area contributed by atoms with E-state index in [1.165, 1.54) is 6.07 Å². The van der Waals surface area contributed by atoms with Gasteiger partial charge in [0, 0.05) is 18.7 Å².